The maximum Gasteiger partial charge on any atom is 0.271 e. The van der Waals surface area contributed by atoms with Crippen LogP contribution in [0.3, 0.4) is 0 Å². The van der Waals surface area contributed by atoms with Crippen LogP contribution < -0.4 is 10.2 Å². The predicted octanol–water partition coefficient (Wildman–Crippen LogP) is 2.85. The summed E-state index contributed by atoms with van der Waals surface area (Å²) in [5.41, 5.74) is 0.133. The number of non-ortho nitro benzene ring substituents is 1. The maximum atomic E-state index is 12.6. The van der Waals surface area contributed by atoms with Crippen molar-refractivity contribution in [1.29, 1.82) is 0 Å². The molecule has 2 aromatic rings. The van der Waals surface area contributed by atoms with Gasteiger partial charge >= 0.3 is 0 Å². The van der Waals surface area contributed by atoms with Gasteiger partial charge in [0, 0.05) is 49.9 Å². The van der Waals surface area contributed by atoms with Crippen LogP contribution in [0.15, 0.2) is 29.8 Å². The Morgan fingerprint density at radius 2 is 2.12 bits per heavy atom. The first-order chi connectivity index (χ1) is 12.5. The third-order valence-corrected chi connectivity index (χ3v) is 5.51. The van der Waals surface area contributed by atoms with E-state index < -0.39 is 4.92 Å². The number of nitrogens with one attached hydrogen (secondary N) is 1. The summed E-state index contributed by atoms with van der Waals surface area (Å²) in [5, 5.41) is 16.8. The Morgan fingerprint density at radius 3 is 2.73 bits per heavy atom. The van der Waals surface area contributed by atoms with E-state index in [-0.39, 0.29) is 28.3 Å². The highest BCUT2D eigenvalue weighted by Crippen LogP contribution is 2.27. The molecule has 8 nitrogen and oxygen atoms in total. The normalized spacial score (nSPS) is 16.3. The Morgan fingerprint density at radius 1 is 1.38 bits per heavy atom. The van der Waals surface area contributed by atoms with Gasteiger partial charge in [0.05, 0.1) is 21.7 Å². The van der Waals surface area contributed by atoms with E-state index in [9.17, 15) is 14.9 Å². The number of nitro benzene ring substituents is 1. The first-order valence-corrected chi connectivity index (χ1v) is 9.35. The molecule has 1 amide bonds. The van der Waals surface area contributed by atoms with Gasteiger partial charge < -0.3 is 10.2 Å². The Hall–Kier alpha value is -2.23. The summed E-state index contributed by atoms with van der Waals surface area (Å²) in [6.07, 6.45) is 1.78. The maximum absolute atomic E-state index is 12.6. The second-order valence-corrected chi connectivity index (χ2v) is 7.20. The van der Waals surface area contributed by atoms with E-state index in [4.69, 9.17) is 11.6 Å². The van der Waals surface area contributed by atoms with Gasteiger partial charge in [-0.3, -0.25) is 19.8 Å². The lowest BCUT2D eigenvalue weighted by Crippen LogP contribution is -2.52. The van der Waals surface area contributed by atoms with E-state index in [0.717, 1.165) is 31.3 Å². The van der Waals surface area contributed by atoms with E-state index in [2.05, 4.69) is 20.1 Å². The molecule has 3 rings (SSSR count). The van der Waals surface area contributed by atoms with Gasteiger partial charge in [0.1, 0.15) is 0 Å². The molecule has 1 aliphatic heterocycles. The first kappa shape index (κ1) is 18.6. The van der Waals surface area contributed by atoms with Crippen LogP contribution in [-0.2, 0) is 4.79 Å². The highest BCUT2D eigenvalue weighted by atomic mass is 35.5. The monoisotopic (exact) mass is 395 g/mol. The molecule has 1 fully saturated rings. The zero-order valence-corrected chi connectivity index (χ0v) is 15.7. The van der Waals surface area contributed by atoms with Crippen molar-refractivity contribution in [2.75, 3.05) is 36.4 Å². The standard InChI is InChI=1S/C16H18ClN5O3S/c1-11(20-5-7-21(8-6-20)16-18-4-9-26-16)15(23)19-14-10-12(22(24)25)2-3-13(14)17/h2-4,9-11H,5-8H2,1H3,(H,19,23). The molecular weight excluding hydrogens is 378 g/mol. The minimum absolute atomic E-state index is 0.116. The number of amides is 1. The Balaban J connectivity index is 1.60. The molecule has 1 N–H and O–H groups in total. The van der Waals surface area contributed by atoms with Gasteiger partial charge in [-0.2, -0.15) is 0 Å². The molecule has 1 aromatic heterocycles. The van der Waals surface area contributed by atoms with Gasteiger partial charge in [0.15, 0.2) is 5.13 Å². The lowest BCUT2D eigenvalue weighted by molar-refractivity contribution is -0.384. The molecule has 0 radical (unpaired) electrons. The number of hydrogen-bond donors (Lipinski definition) is 1. The van der Waals surface area contributed by atoms with Crippen molar-refractivity contribution in [2.45, 2.75) is 13.0 Å². The second-order valence-electron chi connectivity index (χ2n) is 5.92. The van der Waals surface area contributed by atoms with Crippen LogP contribution in [0.1, 0.15) is 6.92 Å². The molecule has 1 aromatic carbocycles. The van der Waals surface area contributed by atoms with Crippen LogP contribution in [0.25, 0.3) is 0 Å². The molecular formula is C16H18ClN5O3S. The summed E-state index contributed by atoms with van der Waals surface area (Å²) < 4.78 is 0. The minimum atomic E-state index is -0.521. The van der Waals surface area contributed by atoms with E-state index in [1.807, 2.05) is 12.3 Å². The van der Waals surface area contributed by atoms with E-state index in [1.54, 1.807) is 17.5 Å². The van der Waals surface area contributed by atoms with E-state index in [1.165, 1.54) is 18.2 Å². The molecule has 10 heteroatoms. The van der Waals surface area contributed by atoms with Gasteiger partial charge in [-0.15, -0.1) is 11.3 Å². The number of aromatic nitrogens is 1. The topological polar surface area (TPSA) is 91.6 Å². The Kier molecular flexibility index (Phi) is 5.70. The van der Waals surface area contributed by atoms with Gasteiger partial charge in [-0.1, -0.05) is 11.6 Å². The number of piperazine rings is 1. The molecule has 1 aliphatic rings. The number of thiazole rings is 1. The van der Waals surface area contributed by atoms with Crippen molar-refractivity contribution >= 4 is 45.4 Å². The number of halogens is 1. The molecule has 0 spiro atoms. The molecule has 0 bridgehead atoms. The molecule has 2 heterocycles. The van der Waals surface area contributed by atoms with Gasteiger partial charge in [0.25, 0.3) is 5.69 Å². The predicted molar refractivity (Wildman–Crippen MR) is 102 cm³/mol. The quantitative estimate of drug-likeness (QED) is 0.618. The fourth-order valence-corrected chi connectivity index (χ4v) is 3.66. The van der Waals surface area contributed by atoms with Crippen molar-refractivity contribution in [2.24, 2.45) is 0 Å². The lowest BCUT2D eigenvalue weighted by atomic mass is 10.2. The van der Waals surface area contributed by atoms with Crippen LogP contribution in [0.4, 0.5) is 16.5 Å². The van der Waals surface area contributed by atoms with Gasteiger partial charge in [-0.25, -0.2) is 4.98 Å². The molecule has 1 unspecified atom stereocenters. The fourth-order valence-electron chi connectivity index (χ4n) is 2.80. The van der Waals surface area contributed by atoms with Crippen molar-refractivity contribution in [3.63, 3.8) is 0 Å². The van der Waals surface area contributed by atoms with Crippen LogP contribution in [0.2, 0.25) is 5.02 Å². The Bertz CT molecular complexity index is 793. The van der Waals surface area contributed by atoms with E-state index >= 15 is 0 Å². The fraction of sp³-hybridized carbons (Fsp3) is 0.375. The van der Waals surface area contributed by atoms with E-state index in [0.29, 0.717) is 0 Å². The number of nitrogens with zero attached hydrogens (tertiary/aromatic N) is 4. The van der Waals surface area contributed by atoms with Crippen LogP contribution in [-0.4, -0.2) is 52.9 Å². The molecule has 1 atom stereocenters. The minimum Gasteiger partial charge on any atom is -0.346 e. The number of carbonyl (C=O) groups excluding carboxylic acids is 1. The third kappa shape index (κ3) is 4.12. The molecule has 138 valence electrons. The average molecular weight is 396 g/mol. The molecule has 1 saturated heterocycles. The zero-order chi connectivity index (χ0) is 18.7. The molecule has 26 heavy (non-hydrogen) atoms. The average Bonchev–Trinajstić information content (AvgIpc) is 3.17. The second kappa shape index (κ2) is 7.98. The Labute approximate surface area is 159 Å². The third-order valence-electron chi connectivity index (χ3n) is 4.35. The summed E-state index contributed by atoms with van der Waals surface area (Å²) in [5.74, 6) is -0.241. The summed E-state index contributed by atoms with van der Waals surface area (Å²) >= 11 is 7.65. The van der Waals surface area contributed by atoms with Crippen LogP contribution in [0.5, 0.6) is 0 Å². The van der Waals surface area contributed by atoms with Crippen LogP contribution in [0, 0.1) is 10.1 Å². The summed E-state index contributed by atoms with van der Waals surface area (Å²) in [6, 6.07) is 3.61. The smallest absolute Gasteiger partial charge is 0.271 e. The van der Waals surface area contributed by atoms with Crippen molar-refractivity contribution in [3.8, 4) is 0 Å². The SMILES string of the molecule is CC(C(=O)Nc1cc([N+](=O)[O-])ccc1Cl)N1CCN(c2nccs2)CC1. The summed E-state index contributed by atoms with van der Waals surface area (Å²) in [7, 11) is 0. The number of benzene rings is 1. The number of carbonyl (C=O) groups is 1. The highest BCUT2D eigenvalue weighted by molar-refractivity contribution is 7.13. The summed E-state index contributed by atoms with van der Waals surface area (Å²) in [6.45, 7) is 4.87. The zero-order valence-electron chi connectivity index (χ0n) is 14.1. The number of rotatable bonds is 5. The molecule has 0 saturated carbocycles. The highest BCUT2D eigenvalue weighted by Gasteiger charge is 2.27. The number of nitro groups is 1. The van der Waals surface area contributed by atoms with Crippen molar-refractivity contribution < 1.29 is 9.72 Å². The number of anilines is 2. The van der Waals surface area contributed by atoms with Gasteiger partial charge in [0.2, 0.25) is 5.91 Å². The first-order valence-electron chi connectivity index (χ1n) is 8.09. The van der Waals surface area contributed by atoms with Crippen molar-refractivity contribution in [3.05, 3.63) is 44.9 Å². The molecule has 0 aliphatic carbocycles. The van der Waals surface area contributed by atoms with Gasteiger partial charge in [-0.05, 0) is 13.0 Å². The largest absolute Gasteiger partial charge is 0.346 e. The van der Waals surface area contributed by atoms with Crippen molar-refractivity contribution in [1.82, 2.24) is 9.88 Å². The number of hydrogen-bond acceptors (Lipinski definition) is 7. The van der Waals surface area contributed by atoms with Crippen LogP contribution >= 0.6 is 22.9 Å². The lowest BCUT2D eigenvalue weighted by Gasteiger charge is -2.37. The summed E-state index contributed by atoms with van der Waals surface area (Å²) in [4.78, 5) is 31.5.